The summed E-state index contributed by atoms with van der Waals surface area (Å²) in [5, 5.41) is 10.5. The molecule has 0 aromatic heterocycles. The molecule has 2 bridgehead atoms. The lowest BCUT2D eigenvalue weighted by molar-refractivity contribution is -0.155. The summed E-state index contributed by atoms with van der Waals surface area (Å²) in [6.07, 6.45) is 3.15. The number of likely N-dealkylation sites (tertiary alicyclic amines) is 1. The van der Waals surface area contributed by atoms with Crippen molar-refractivity contribution in [2.45, 2.75) is 75.2 Å². The molecule has 3 aliphatic heterocycles. The molecule has 0 aliphatic carbocycles. The lowest BCUT2D eigenvalue weighted by atomic mass is 9.70. The number of hydrogen-bond acceptors (Lipinski definition) is 5. The van der Waals surface area contributed by atoms with E-state index in [9.17, 15) is 19.5 Å². The molecule has 1 spiro atoms. The minimum atomic E-state index is -1.21. The first-order valence-corrected chi connectivity index (χ1v) is 14.9. The molecule has 0 saturated carbocycles. The fraction of sp³-hybridized carbons (Fsp3) is 0.581. The SMILES string of the molecule is C=CCN(C(=O)[C@H]1[C@@H]2OC3(CC2Br)C(C(=O)N(CC=C)C(C)(C)C)N([C@@H](CO)C(C)C)C(=O)[C@H]13)c1ccccc1. The lowest BCUT2D eigenvalue weighted by Gasteiger charge is -2.44. The number of aliphatic hydroxyl groups is 1. The highest BCUT2D eigenvalue weighted by atomic mass is 79.9. The third kappa shape index (κ3) is 4.84. The molecule has 8 nitrogen and oxygen atoms in total. The van der Waals surface area contributed by atoms with Crippen LogP contribution in [0.25, 0.3) is 0 Å². The van der Waals surface area contributed by atoms with E-state index in [2.05, 4.69) is 29.1 Å². The number of hydrogen-bond donors (Lipinski definition) is 1. The highest BCUT2D eigenvalue weighted by Crippen LogP contribution is 2.61. The van der Waals surface area contributed by atoms with E-state index in [1.54, 1.807) is 26.9 Å². The maximum atomic E-state index is 14.5. The van der Waals surface area contributed by atoms with Gasteiger partial charge in [-0.2, -0.15) is 0 Å². The Balaban J connectivity index is 1.86. The van der Waals surface area contributed by atoms with Gasteiger partial charge in [-0.1, -0.05) is 60.1 Å². The maximum absolute atomic E-state index is 14.5. The number of aliphatic hydroxyl groups excluding tert-OH is 1. The van der Waals surface area contributed by atoms with Gasteiger partial charge < -0.3 is 24.5 Å². The van der Waals surface area contributed by atoms with Crippen molar-refractivity contribution in [3.8, 4) is 0 Å². The van der Waals surface area contributed by atoms with Crippen molar-refractivity contribution in [2.75, 3.05) is 24.6 Å². The molecule has 3 amide bonds. The quantitative estimate of drug-likeness (QED) is 0.319. The van der Waals surface area contributed by atoms with Gasteiger partial charge in [0, 0.05) is 29.1 Å². The first kappa shape index (κ1) is 30.5. The molecule has 3 aliphatic rings. The molecule has 0 radical (unpaired) electrons. The number of amides is 3. The zero-order chi connectivity index (χ0) is 29.6. The summed E-state index contributed by atoms with van der Waals surface area (Å²) >= 11 is 3.75. The number of nitrogens with zero attached hydrogens (tertiary/aromatic N) is 3. The van der Waals surface area contributed by atoms with Gasteiger partial charge in [0.1, 0.15) is 11.6 Å². The fourth-order valence-electron chi connectivity index (χ4n) is 6.82. The Morgan fingerprint density at radius 3 is 2.33 bits per heavy atom. The van der Waals surface area contributed by atoms with Crippen molar-refractivity contribution >= 4 is 39.3 Å². The van der Waals surface area contributed by atoms with Gasteiger partial charge in [0.15, 0.2) is 0 Å². The second-order valence-corrected chi connectivity index (χ2v) is 13.6. The Labute approximate surface area is 246 Å². The first-order valence-electron chi connectivity index (χ1n) is 14.0. The maximum Gasteiger partial charge on any atom is 0.249 e. The van der Waals surface area contributed by atoms with E-state index in [-0.39, 0.29) is 48.2 Å². The Hall–Kier alpha value is -2.49. The summed E-state index contributed by atoms with van der Waals surface area (Å²) in [5.41, 5.74) is -1.07. The van der Waals surface area contributed by atoms with Crippen molar-refractivity contribution in [1.29, 1.82) is 0 Å². The van der Waals surface area contributed by atoms with Gasteiger partial charge in [-0.25, -0.2) is 0 Å². The van der Waals surface area contributed by atoms with E-state index in [1.165, 1.54) is 0 Å². The van der Waals surface area contributed by atoms with Crippen LogP contribution in [0.1, 0.15) is 41.0 Å². The highest BCUT2D eigenvalue weighted by Gasteiger charge is 2.77. The second-order valence-electron chi connectivity index (χ2n) is 12.4. The number of benzene rings is 1. The Morgan fingerprint density at radius 1 is 1.18 bits per heavy atom. The van der Waals surface area contributed by atoms with E-state index >= 15 is 0 Å². The molecule has 9 heteroatoms. The largest absolute Gasteiger partial charge is 0.394 e. The van der Waals surface area contributed by atoms with Crippen LogP contribution < -0.4 is 4.90 Å². The van der Waals surface area contributed by atoms with Crippen LogP contribution in [-0.2, 0) is 19.1 Å². The number of ether oxygens (including phenoxy) is 1. The average molecular weight is 617 g/mol. The number of anilines is 1. The summed E-state index contributed by atoms with van der Waals surface area (Å²) < 4.78 is 6.71. The number of carbonyl (C=O) groups excluding carboxylic acids is 3. The van der Waals surface area contributed by atoms with E-state index in [0.717, 1.165) is 0 Å². The molecule has 218 valence electrons. The van der Waals surface area contributed by atoms with Crippen LogP contribution in [-0.4, -0.2) is 86.5 Å². The number of halogens is 1. The fourth-order valence-corrected chi connectivity index (χ4v) is 7.76. The molecule has 1 aromatic carbocycles. The molecule has 7 atom stereocenters. The predicted molar refractivity (Wildman–Crippen MR) is 159 cm³/mol. The highest BCUT2D eigenvalue weighted by molar-refractivity contribution is 9.09. The monoisotopic (exact) mass is 615 g/mol. The van der Waals surface area contributed by atoms with Crippen molar-refractivity contribution in [1.82, 2.24) is 9.80 Å². The summed E-state index contributed by atoms with van der Waals surface area (Å²) in [6, 6.07) is 7.69. The van der Waals surface area contributed by atoms with Crippen LogP contribution in [0.15, 0.2) is 55.6 Å². The van der Waals surface area contributed by atoms with Crippen molar-refractivity contribution in [2.24, 2.45) is 17.8 Å². The summed E-state index contributed by atoms with van der Waals surface area (Å²) in [4.78, 5) is 48.1. The second kappa shape index (κ2) is 11.4. The van der Waals surface area contributed by atoms with E-state index in [0.29, 0.717) is 12.1 Å². The Kier molecular flexibility index (Phi) is 8.69. The smallest absolute Gasteiger partial charge is 0.249 e. The molecular formula is C31H42BrN3O5. The van der Waals surface area contributed by atoms with Crippen molar-refractivity contribution in [3.63, 3.8) is 0 Å². The summed E-state index contributed by atoms with van der Waals surface area (Å²) in [6.45, 7) is 17.6. The number of fused-ring (bicyclic) bond motifs is 1. The molecule has 3 unspecified atom stereocenters. The minimum Gasteiger partial charge on any atom is -0.394 e. The van der Waals surface area contributed by atoms with Crippen molar-refractivity contribution in [3.05, 3.63) is 55.6 Å². The zero-order valence-corrected chi connectivity index (χ0v) is 25.7. The number of para-hydroxylation sites is 1. The van der Waals surface area contributed by atoms with Gasteiger partial charge in [-0.3, -0.25) is 14.4 Å². The Morgan fingerprint density at radius 2 is 1.80 bits per heavy atom. The molecule has 40 heavy (non-hydrogen) atoms. The topological polar surface area (TPSA) is 90.4 Å². The van der Waals surface area contributed by atoms with Gasteiger partial charge in [-0.15, -0.1) is 13.2 Å². The van der Waals surface area contributed by atoms with E-state index in [1.807, 2.05) is 65.0 Å². The summed E-state index contributed by atoms with van der Waals surface area (Å²) in [5.74, 6) is -2.61. The number of carbonyl (C=O) groups is 3. The van der Waals surface area contributed by atoms with Crippen LogP contribution >= 0.6 is 15.9 Å². The molecule has 3 heterocycles. The van der Waals surface area contributed by atoms with Gasteiger partial charge in [0.2, 0.25) is 17.7 Å². The molecule has 1 aromatic rings. The van der Waals surface area contributed by atoms with Crippen LogP contribution in [0, 0.1) is 17.8 Å². The molecular weight excluding hydrogens is 574 g/mol. The van der Waals surface area contributed by atoms with E-state index < -0.39 is 41.2 Å². The van der Waals surface area contributed by atoms with Crippen LogP contribution in [0.5, 0.6) is 0 Å². The van der Waals surface area contributed by atoms with Gasteiger partial charge in [0.05, 0.1) is 30.6 Å². The average Bonchev–Trinajstić information content (AvgIpc) is 3.49. The Bertz CT molecular complexity index is 1150. The third-order valence-corrected chi connectivity index (χ3v) is 9.44. The van der Waals surface area contributed by atoms with Crippen LogP contribution in [0.3, 0.4) is 0 Å². The molecule has 3 fully saturated rings. The third-order valence-electron chi connectivity index (χ3n) is 8.59. The van der Waals surface area contributed by atoms with E-state index in [4.69, 9.17) is 4.74 Å². The van der Waals surface area contributed by atoms with Gasteiger partial charge in [-0.05, 0) is 45.2 Å². The number of alkyl halides is 1. The molecule has 4 rings (SSSR count). The summed E-state index contributed by atoms with van der Waals surface area (Å²) in [7, 11) is 0. The van der Waals surface area contributed by atoms with Gasteiger partial charge >= 0.3 is 0 Å². The zero-order valence-electron chi connectivity index (χ0n) is 24.1. The van der Waals surface area contributed by atoms with Gasteiger partial charge in [0.25, 0.3) is 0 Å². The minimum absolute atomic E-state index is 0.130. The van der Waals surface area contributed by atoms with Crippen LogP contribution in [0.2, 0.25) is 0 Å². The molecule has 1 N–H and O–H groups in total. The first-order chi connectivity index (χ1) is 18.8. The standard InChI is InChI=1S/C31H42BrN3O5/c1-8-15-33(20-13-11-10-12-14-20)27(37)23-24-28(38)35(22(18-36)19(3)4)26(31(24)17-21(32)25(23)40-31)29(39)34(16-9-2)30(5,6)7/h8-14,19,21-26,36H,1-2,15-18H2,3-7H3/t21?,22-,23+,24-,25+,26?,31?/m0/s1. The lowest BCUT2D eigenvalue weighted by Crippen LogP contribution is -2.62. The van der Waals surface area contributed by atoms with Crippen molar-refractivity contribution < 1.29 is 24.2 Å². The predicted octanol–water partition coefficient (Wildman–Crippen LogP) is 3.78. The normalized spacial score (nSPS) is 29.9. The number of rotatable bonds is 10. The molecule has 3 saturated heterocycles. The van der Waals surface area contributed by atoms with Crippen LogP contribution in [0.4, 0.5) is 5.69 Å².